The molecule has 1 N–H and O–H groups in total. The molecule has 4 rings (SSSR count). The first-order chi connectivity index (χ1) is 14.5. The second-order valence-corrected chi connectivity index (χ2v) is 8.07. The molecule has 5 nitrogen and oxygen atoms in total. The van der Waals surface area contributed by atoms with Crippen molar-refractivity contribution >= 4 is 17.3 Å². The molecule has 2 atom stereocenters. The summed E-state index contributed by atoms with van der Waals surface area (Å²) in [6.07, 6.45) is 2.88. The molecule has 1 aliphatic heterocycles. The summed E-state index contributed by atoms with van der Waals surface area (Å²) in [4.78, 5) is 6.95. The zero-order chi connectivity index (χ0) is 21.3. The molecule has 2 aromatic heterocycles. The molecule has 3 heterocycles. The largest absolute Gasteiger partial charge is 0.497 e. The molecule has 0 amide bonds. The van der Waals surface area contributed by atoms with Crippen molar-refractivity contribution in [2.24, 2.45) is 0 Å². The third kappa shape index (κ3) is 3.56. The summed E-state index contributed by atoms with van der Waals surface area (Å²) in [7, 11) is 1.69. The Morgan fingerprint density at radius 3 is 2.53 bits per heavy atom. The second kappa shape index (κ2) is 8.48. The Labute approximate surface area is 183 Å². The van der Waals surface area contributed by atoms with Crippen molar-refractivity contribution < 1.29 is 4.74 Å². The summed E-state index contributed by atoms with van der Waals surface area (Å²) in [6, 6.07) is 16.7. The Balaban J connectivity index is 1.80. The second-order valence-electron chi connectivity index (χ2n) is 7.68. The minimum absolute atomic E-state index is 0.0232. The van der Waals surface area contributed by atoms with Crippen LogP contribution in [0, 0.1) is 13.8 Å². The van der Waals surface area contributed by atoms with E-state index in [-0.39, 0.29) is 12.1 Å². The highest BCUT2D eigenvalue weighted by Gasteiger charge is 2.40. The summed E-state index contributed by atoms with van der Waals surface area (Å²) in [6.45, 7) is 7.44. The van der Waals surface area contributed by atoms with Gasteiger partial charge in [0.2, 0.25) is 0 Å². The average molecular weight is 421 g/mol. The fourth-order valence-electron chi connectivity index (χ4n) is 4.44. The maximum atomic E-state index is 5.73. The Morgan fingerprint density at radius 2 is 1.90 bits per heavy atom. The molecule has 0 radical (unpaired) electrons. The van der Waals surface area contributed by atoms with E-state index in [1.54, 1.807) is 7.11 Å². The molecule has 0 aliphatic carbocycles. The Kier molecular flexibility index (Phi) is 5.77. The van der Waals surface area contributed by atoms with Gasteiger partial charge >= 0.3 is 0 Å². The van der Waals surface area contributed by atoms with Crippen LogP contribution in [0.4, 0.5) is 0 Å². The van der Waals surface area contributed by atoms with Crippen LogP contribution in [0.2, 0.25) is 0 Å². The van der Waals surface area contributed by atoms with Crippen LogP contribution in [0.3, 0.4) is 0 Å². The summed E-state index contributed by atoms with van der Waals surface area (Å²) in [5.41, 5.74) is 5.83. The van der Waals surface area contributed by atoms with Crippen molar-refractivity contribution in [3.05, 3.63) is 77.4 Å². The van der Waals surface area contributed by atoms with Gasteiger partial charge in [-0.25, -0.2) is 0 Å². The van der Waals surface area contributed by atoms with Crippen LogP contribution in [0.5, 0.6) is 5.75 Å². The molecule has 0 saturated carbocycles. The van der Waals surface area contributed by atoms with Gasteiger partial charge in [-0.05, 0) is 80.5 Å². The van der Waals surface area contributed by atoms with Gasteiger partial charge in [-0.2, -0.15) is 0 Å². The number of rotatable bonds is 6. The average Bonchev–Trinajstić information content (AvgIpc) is 3.24. The highest BCUT2D eigenvalue weighted by Crippen LogP contribution is 2.41. The third-order valence-electron chi connectivity index (χ3n) is 5.78. The number of nitrogens with one attached hydrogen (secondary N) is 1. The fraction of sp³-hybridized carbons (Fsp3) is 0.333. The van der Waals surface area contributed by atoms with E-state index < -0.39 is 0 Å². The van der Waals surface area contributed by atoms with E-state index in [9.17, 15) is 0 Å². The minimum atomic E-state index is 0.0232. The number of hydrogen-bond donors (Lipinski definition) is 1. The van der Waals surface area contributed by atoms with Crippen LogP contribution in [-0.4, -0.2) is 33.2 Å². The van der Waals surface area contributed by atoms with Crippen molar-refractivity contribution in [1.82, 2.24) is 19.8 Å². The summed E-state index contributed by atoms with van der Waals surface area (Å²) < 4.78 is 7.62. The van der Waals surface area contributed by atoms with Crippen molar-refractivity contribution in [1.29, 1.82) is 0 Å². The van der Waals surface area contributed by atoms with Gasteiger partial charge in [0.25, 0.3) is 0 Å². The molecule has 30 heavy (non-hydrogen) atoms. The lowest BCUT2D eigenvalue weighted by atomic mass is 9.96. The number of pyridine rings is 1. The third-order valence-corrected chi connectivity index (χ3v) is 6.13. The maximum absolute atomic E-state index is 5.73. The minimum Gasteiger partial charge on any atom is -0.497 e. The predicted molar refractivity (Wildman–Crippen MR) is 124 cm³/mol. The first kappa shape index (κ1) is 20.4. The molecule has 0 spiro atoms. The number of ether oxygens (including phenoxy) is 1. The maximum Gasteiger partial charge on any atom is 0.170 e. The van der Waals surface area contributed by atoms with Gasteiger partial charge in [-0.15, -0.1) is 0 Å². The number of thiocarbonyl (C=S) groups is 1. The molecule has 1 fully saturated rings. The molecular weight excluding hydrogens is 392 g/mol. The van der Waals surface area contributed by atoms with Gasteiger partial charge in [0.1, 0.15) is 5.75 Å². The molecule has 156 valence electrons. The number of benzene rings is 1. The highest BCUT2D eigenvalue weighted by atomic mass is 32.1. The van der Waals surface area contributed by atoms with E-state index in [0.717, 1.165) is 35.2 Å². The van der Waals surface area contributed by atoms with Gasteiger partial charge in [0.15, 0.2) is 5.11 Å². The van der Waals surface area contributed by atoms with Gasteiger partial charge in [-0.1, -0.05) is 13.0 Å². The van der Waals surface area contributed by atoms with Crippen molar-refractivity contribution in [2.45, 2.75) is 39.3 Å². The Bertz CT molecular complexity index is 1030. The number of aromatic nitrogens is 2. The van der Waals surface area contributed by atoms with E-state index in [2.05, 4.69) is 64.8 Å². The Morgan fingerprint density at radius 1 is 1.13 bits per heavy atom. The van der Waals surface area contributed by atoms with Gasteiger partial charge in [0.05, 0.1) is 24.9 Å². The first-order valence-corrected chi connectivity index (χ1v) is 10.8. The summed E-state index contributed by atoms with van der Waals surface area (Å²) in [5, 5.41) is 4.33. The SMILES string of the molecule is CCCN1C(=S)N[C@H](c2ccccn2)[C@H]1c1cc(C)n(-c2ccc(OC)cc2)c1C. The van der Waals surface area contributed by atoms with E-state index in [1.165, 1.54) is 17.0 Å². The van der Waals surface area contributed by atoms with Gasteiger partial charge in [0, 0.05) is 29.8 Å². The fourth-order valence-corrected chi connectivity index (χ4v) is 4.77. The molecule has 1 aromatic carbocycles. The van der Waals surface area contributed by atoms with Crippen LogP contribution < -0.4 is 10.1 Å². The zero-order valence-electron chi connectivity index (χ0n) is 17.9. The molecule has 1 saturated heterocycles. The van der Waals surface area contributed by atoms with Crippen LogP contribution in [0.15, 0.2) is 54.7 Å². The lowest BCUT2D eigenvalue weighted by molar-refractivity contribution is 0.316. The van der Waals surface area contributed by atoms with E-state index in [4.69, 9.17) is 17.0 Å². The normalized spacial score (nSPS) is 18.5. The summed E-state index contributed by atoms with van der Waals surface area (Å²) in [5.74, 6) is 0.858. The highest BCUT2D eigenvalue weighted by molar-refractivity contribution is 7.80. The van der Waals surface area contributed by atoms with E-state index >= 15 is 0 Å². The molecule has 0 bridgehead atoms. The van der Waals surface area contributed by atoms with Crippen molar-refractivity contribution in [3.63, 3.8) is 0 Å². The topological polar surface area (TPSA) is 42.3 Å². The molecule has 0 unspecified atom stereocenters. The van der Waals surface area contributed by atoms with Crippen molar-refractivity contribution in [3.8, 4) is 11.4 Å². The number of hydrogen-bond acceptors (Lipinski definition) is 3. The standard InChI is InChI=1S/C24H28N4OS/c1-5-14-27-23(22(26-24(27)30)21-8-6-7-13-25-21)20-15-16(2)28(17(20)3)18-9-11-19(29-4)12-10-18/h6-13,15,22-23H,5,14H2,1-4H3,(H,26,30)/t22-,23-/m1/s1. The quantitative estimate of drug-likeness (QED) is 0.576. The van der Waals surface area contributed by atoms with Gasteiger partial charge in [-0.3, -0.25) is 4.98 Å². The Hall–Kier alpha value is -2.86. The lowest BCUT2D eigenvalue weighted by Gasteiger charge is -2.27. The molecule has 6 heteroatoms. The van der Waals surface area contributed by atoms with Crippen LogP contribution in [-0.2, 0) is 0 Å². The van der Waals surface area contributed by atoms with Gasteiger partial charge < -0.3 is 19.5 Å². The van der Waals surface area contributed by atoms with E-state index in [0.29, 0.717) is 0 Å². The van der Waals surface area contributed by atoms with E-state index in [1.807, 2.05) is 30.5 Å². The number of methoxy groups -OCH3 is 1. The van der Waals surface area contributed by atoms with Crippen LogP contribution in [0.25, 0.3) is 5.69 Å². The number of aryl methyl sites for hydroxylation is 1. The predicted octanol–water partition coefficient (Wildman–Crippen LogP) is 4.88. The summed E-state index contributed by atoms with van der Waals surface area (Å²) >= 11 is 5.73. The van der Waals surface area contributed by atoms with Crippen LogP contribution in [0.1, 0.15) is 48.1 Å². The van der Waals surface area contributed by atoms with Crippen LogP contribution >= 0.6 is 12.2 Å². The molecular formula is C24H28N4OS. The molecule has 3 aromatic rings. The van der Waals surface area contributed by atoms with Crippen molar-refractivity contribution in [2.75, 3.05) is 13.7 Å². The lowest BCUT2D eigenvalue weighted by Crippen LogP contribution is -2.30. The zero-order valence-corrected chi connectivity index (χ0v) is 18.7. The molecule has 1 aliphatic rings. The first-order valence-electron chi connectivity index (χ1n) is 10.4. The number of nitrogens with zero attached hydrogens (tertiary/aromatic N) is 3. The smallest absolute Gasteiger partial charge is 0.170 e. The monoisotopic (exact) mass is 420 g/mol.